The van der Waals surface area contributed by atoms with Crippen molar-refractivity contribution in [2.45, 2.75) is 24.8 Å². The van der Waals surface area contributed by atoms with Gasteiger partial charge in [0.2, 0.25) is 0 Å². The van der Waals surface area contributed by atoms with Crippen molar-refractivity contribution in [3.05, 3.63) is 61.1 Å². The lowest BCUT2D eigenvalue weighted by molar-refractivity contribution is 0.534. The summed E-state index contributed by atoms with van der Waals surface area (Å²) in [5, 5.41) is 5.22. The van der Waals surface area contributed by atoms with Crippen LogP contribution in [0.2, 0.25) is 0 Å². The number of hydrogen-bond donors (Lipinski definition) is 0. The third-order valence-corrected chi connectivity index (χ3v) is 6.04. The van der Waals surface area contributed by atoms with Crippen LogP contribution >= 0.6 is 0 Å². The summed E-state index contributed by atoms with van der Waals surface area (Å²) in [6.45, 7) is 4.04. The SMILES string of the molecule is [B]c1cn(C(C)C)nc1-c1cnc2c(ccn2S(=O)(=O)c2ccccc2)c1. The molecule has 8 heteroatoms. The van der Waals surface area contributed by atoms with Crippen molar-refractivity contribution in [1.29, 1.82) is 0 Å². The number of benzene rings is 1. The van der Waals surface area contributed by atoms with Crippen molar-refractivity contribution in [3.63, 3.8) is 0 Å². The summed E-state index contributed by atoms with van der Waals surface area (Å²) in [5.41, 5.74) is 2.30. The van der Waals surface area contributed by atoms with E-state index in [0.717, 1.165) is 5.56 Å². The van der Waals surface area contributed by atoms with E-state index in [1.54, 1.807) is 53.5 Å². The molecule has 3 aromatic heterocycles. The minimum Gasteiger partial charge on any atom is -0.270 e. The van der Waals surface area contributed by atoms with Gasteiger partial charge in [0.1, 0.15) is 7.85 Å². The Morgan fingerprint density at radius 3 is 2.52 bits per heavy atom. The Balaban J connectivity index is 1.81. The smallest absolute Gasteiger partial charge is 0.269 e. The summed E-state index contributed by atoms with van der Waals surface area (Å²) in [6, 6.07) is 12.1. The molecule has 0 unspecified atom stereocenters. The van der Waals surface area contributed by atoms with Crippen LogP contribution in [0.5, 0.6) is 0 Å². The summed E-state index contributed by atoms with van der Waals surface area (Å²) >= 11 is 0. The Hall–Kier alpha value is -2.87. The molecule has 4 aromatic rings. The zero-order valence-electron chi connectivity index (χ0n) is 14.9. The van der Waals surface area contributed by atoms with Crippen molar-refractivity contribution < 1.29 is 8.42 Å². The van der Waals surface area contributed by atoms with E-state index >= 15 is 0 Å². The topological polar surface area (TPSA) is 69.8 Å². The van der Waals surface area contributed by atoms with Crippen LogP contribution in [0, 0.1) is 0 Å². The Kier molecular flexibility index (Phi) is 4.15. The maximum Gasteiger partial charge on any atom is 0.269 e. The number of nitrogens with zero attached hydrogens (tertiary/aromatic N) is 4. The van der Waals surface area contributed by atoms with Gasteiger partial charge in [-0.05, 0) is 38.1 Å². The van der Waals surface area contributed by atoms with Crippen molar-refractivity contribution in [2.75, 3.05) is 0 Å². The van der Waals surface area contributed by atoms with Crippen molar-refractivity contribution in [1.82, 2.24) is 18.7 Å². The first-order valence-electron chi connectivity index (χ1n) is 8.50. The van der Waals surface area contributed by atoms with Crippen LogP contribution in [0.4, 0.5) is 0 Å². The van der Waals surface area contributed by atoms with E-state index in [2.05, 4.69) is 10.1 Å². The maximum atomic E-state index is 12.9. The molecular formula is C19H17BN4O2S. The van der Waals surface area contributed by atoms with E-state index in [1.165, 1.54) is 10.2 Å². The number of pyridine rings is 1. The van der Waals surface area contributed by atoms with Crippen LogP contribution < -0.4 is 5.46 Å². The number of aromatic nitrogens is 4. The molecule has 134 valence electrons. The van der Waals surface area contributed by atoms with E-state index in [1.807, 2.05) is 19.9 Å². The van der Waals surface area contributed by atoms with Gasteiger partial charge in [0, 0.05) is 35.6 Å². The Morgan fingerprint density at radius 1 is 1.11 bits per heavy atom. The second kappa shape index (κ2) is 6.38. The van der Waals surface area contributed by atoms with Gasteiger partial charge in [-0.2, -0.15) is 5.10 Å². The molecule has 0 amide bonds. The summed E-state index contributed by atoms with van der Waals surface area (Å²) in [5.74, 6) is 0. The molecule has 0 saturated heterocycles. The standard InChI is InChI=1S/C19H17BN4O2S/c1-13(2)23-12-17(20)18(22-23)15-10-14-8-9-24(19(14)21-11-15)27(25,26)16-6-4-3-5-7-16/h3-13H,1-2H3. The fourth-order valence-electron chi connectivity index (χ4n) is 2.92. The highest BCUT2D eigenvalue weighted by molar-refractivity contribution is 7.90. The third-order valence-electron chi connectivity index (χ3n) is 4.36. The first kappa shape index (κ1) is 17.5. The maximum absolute atomic E-state index is 12.9. The summed E-state index contributed by atoms with van der Waals surface area (Å²) < 4.78 is 28.8. The second-order valence-corrected chi connectivity index (χ2v) is 8.39. The lowest BCUT2D eigenvalue weighted by atomic mass is 9.94. The molecule has 0 aliphatic heterocycles. The highest BCUT2D eigenvalue weighted by atomic mass is 32.2. The first-order valence-corrected chi connectivity index (χ1v) is 9.94. The molecular weight excluding hydrogens is 359 g/mol. The molecule has 3 heterocycles. The quantitative estimate of drug-likeness (QED) is 0.513. The van der Waals surface area contributed by atoms with Crippen LogP contribution in [0.25, 0.3) is 22.3 Å². The number of hydrogen-bond acceptors (Lipinski definition) is 4. The monoisotopic (exact) mass is 376 g/mol. The van der Waals surface area contributed by atoms with Crippen molar-refractivity contribution in [2.24, 2.45) is 0 Å². The summed E-state index contributed by atoms with van der Waals surface area (Å²) in [6.07, 6.45) is 4.90. The highest BCUT2D eigenvalue weighted by Crippen LogP contribution is 2.24. The number of fused-ring (bicyclic) bond motifs is 1. The second-order valence-electron chi connectivity index (χ2n) is 6.57. The fourth-order valence-corrected chi connectivity index (χ4v) is 4.25. The minimum absolute atomic E-state index is 0.190. The highest BCUT2D eigenvalue weighted by Gasteiger charge is 2.20. The van der Waals surface area contributed by atoms with Gasteiger partial charge in [-0.15, -0.1) is 0 Å². The van der Waals surface area contributed by atoms with E-state index in [4.69, 9.17) is 7.85 Å². The summed E-state index contributed by atoms with van der Waals surface area (Å²) in [4.78, 5) is 4.60. The number of rotatable bonds is 4. The molecule has 6 nitrogen and oxygen atoms in total. The predicted octanol–water partition coefficient (Wildman–Crippen LogP) is 2.51. The van der Waals surface area contributed by atoms with Crippen molar-refractivity contribution in [3.8, 4) is 11.3 Å². The van der Waals surface area contributed by atoms with Gasteiger partial charge in [-0.1, -0.05) is 23.7 Å². The summed E-state index contributed by atoms with van der Waals surface area (Å²) in [7, 11) is 2.39. The molecule has 1 aromatic carbocycles. The molecule has 0 aliphatic carbocycles. The zero-order chi connectivity index (χ0) is 19.2. The molecule has 2 radical (unpaired) electrons. The molecule has 0 spiro atoms. The minimum atomic E-state index is -3.71. The van der Waals surface area contributed by atoms with Crippen molar-refractivity contribution >= 4 is 34.4 Å². The molecule has 0 fully saturated rings. The molecule has 0 bridgehead atoms. The lowest BCUT2D eigenvalue weighted by Gasteiger charge is -2.07. The van der Waals surface area contributed by atoms with Crippen LogP contribution in [0.15, 0.2) is 66.0 Å². The van der Waals surface area contributed by atoms with Gasteiger partial charge >= 0.3 is 0 Å². The molecule has 0 aliphatic rings. The predicted molar refractivity (Wildman–Crippen MR) is 106 cm³/mol. The molecule has 0 saturated carbocycles. The lowest BCUT2D eigenvalue weighted by Crippen LogP contribution is -2.12. The van der Waals surface area contributed by atoms with Gasteiger partial charge in [-0.3, -0.25) is 4.68 Å². The zero-order valence-corrected chi connectivity index (χ0v) is 15.8. The molecule has 0 atom stereocenters. The van der Waals surface area contributed by atoms with E-state index < -0.39 is 10.0 Å². The van der Waals surface area contributed by atoms with Gasteiger partial charge in [0.15, 0.2) is 5.65 Å². The van der Waals surface area contributed by atoms with Crippen LogP contribution in [0.1, 0.15) is 19.9 Å². The largest absolute Gasteiger partial charge is 0.270 e. The Morgan fingerprint density at radius 2 is 1.85 bits per heavy atom. The van der Waals surface area contributed by atoms with Crippen LogP contribution in [-0.4, -0.2) is 35.0 Å². The first-order chi connectivity index (χ1) is 12.9. The average molecular weight is 376 g/mol. The molecule has 27 heavy (non-hydrogen) atoms. The third kappa shape index (κ3) is 2.96. The molecule has 0 N–H and O–H groups in total. The normalized spacial score (nSPS) is 12.1. The van der Waals surface area contributed by atoms with Gasteiger partial charge in [0.25, 0.3) is 10.0 Å². The molecule has 4 rings (SSSR count). The van der Waals surface area contributed by atoms with Gasteiger partial charge in [0.05, 0.1) is 10.6 Å². The van der Waals surface area contributed by atoms with E-state index in [0.29, 0.717) is 22.2 Å². The van der Waals surface area contributed by atoms with Gasteiger partial charge < -0.3 is 0 Å². The van der Waals surface area contributed by atoms with E-state index in [-0.39, 0.29) is 10.9 Å². The Labute approximate surface area is 158 Å². The van der Waals surface area contributed by atoms with Gasteiger partial charge in [-0.25, -0.2) is 17.4 Å². The van der Waals surface area contributed by atoms with E-state index in [9.17, 15) is 8.42 Å². The fraction of sp³-hybridized carbons (Fsp3) is 0.158. The van der Waals surface area contributed by atoms with Crippen LogP contribution in [-0.2, 0) is 10.0 Å². The average Bonchev–Trinajstić information content (AvgIpc) is 3.26. The Bertz CT molecular complexity index is 1230. The van der Waals surface area contributed by atoms with Crippen LogP contribution in [0.3, 0.4) is 0 Å².